The van der Waals surface area contributed by atoms with E-state index < -0.39 is 31.7 Å². The molecule has 0 aliphatic heterocycles. The third kappa shape index (κ3) is 10.4. The summed E-state index contributed by atoms with van der Waals surface area (Å²) in [5.74, 6) is 0. The van der Waals surface area contributed by atoms with E-state index in [1.807, 2.05) is 0 Å². The van der Waals surface area contributed by atoms with Gasteiger partial charge in [-0.1, -0.05) is 243 Å². The van der Waals surface area contributed by atoms with Gasteiger partial charge in [-0.3, -0.25) is 0 Å². The molecule has 0 heterocycles. The Morgan fingerprint density at radius 3 is 0.586 bits per heavy atom. The monoisotopic (exact) mass is 822 g/mol. The molecular weight excluding hydrogens is 772 g/mol. The second kappa shape index (κ2) is 20.9. The highest BCUT2D eigenvalue weighted by Gasteiger charge is 2.33. The summed E-state index contributed by atoms with van der Waals surface area (Å²) in [5, 5.41) is 11.8. The van der Waals surface area contributed by atoms with Crippen LogP contribution in [0.25, 0.3) is 0 Å². The Bertz CT molecular complexity index is 2020. The van der Waals surface area contributed by atoms with Crippen molar-refractivity contribution >= 4 is 74.1 Å². The maximum Gasteiger partial charge on any atom is -0.00832 e. The number of benzene rings is 8. The maximum atomic E-state index is 2.40. The van der Waals surface area contributed by atoms with Gasteiger partial charge in [0.2, 0.25) is 0 Å². The smallest absolute Gasteiger partial charge is 0.00832 e. The molecule has 0 spiro atoms. The van der Waals surface area contributed by atoms with E-state index >= 15 is 0 Å². The Kier molecular flexibility index (Phi) is 14.5. The summed E-state index contributed by atoms with van der Waals surface area (Å²) < 4.78 is 0. The lowest BCUT2D eigenvalue weighted by Gasteiger charge is -2.36. The number of hydrogen-bond acceptors (Lipinski definition) is 0. The lowest BCUT2D eigenvalue weighted by atomic mass is 10.2. The molecule has 8 rings (SSSR count). The van der Waals surface area contributed by atoms with Crippen molar-refractivity contribution in [2.24, 2.45) is 0 Å². The first-order chi connectivity index (χ1) is 28.8. The molecule has 0 bridgehead atoms. The molecule has 8 aromatic rings. The van der Waals surface area contributed by atoms with Crippen molar-refractivity contribution in [3.8, 4) is 0 Å². The summed E-state index contributed by atoms with van der Waals surface area (Å²) in [4.78, 5) is 0. The molecule has 0 N–H and O–H groups in total. The van der Waals surface area contributed by atoms with Gasteiger partial charge in [0.15, 0.2) is 0 Å². The quantitative estimate of drug-likeness (QED) is 0.0803. The highest BCUT2D eigenvalue weighted by Crippen LogP contribution is 2.52. The Hall–Kier alpha value is -4.52. The standard InChI is InChI=1S/C54H50P4/c1-9-25-45(26-10-1)55(46-27-11-2-12-28-46)43-53(57(49-33-17-5-18-34-49)50-35-19-6-20-36-50)41-42-54(58(51-37-21-7-22-38-51)52-39-23-8-24-40-52)44-56(47-29-13-3-14-30-47)48-31-15-4-16-32-48/h1-40,53-54H,41-44H2. The largest absolute Gasteiger partial charge is 0.0622 e. The first-order valence-electron chi connectivity index (χ1n) is 20.4. The van der Waals surface area contributed by atoms with Gasteiger partial charge in [-0.2, -0.15) is 0 Å². The minimum absolute atomic E-state index is 0.469. The van der Waals surface area contributed by atoms with Crippen molar-refractivity contribution in [3.05, 3.63) is 243 Å². The summed E-state index contributed by atoms with van der Waals surface area (Å²) in [6.07, 6.45) is 4.60. The average Bonchev–Trinajstić information content (AvgIpc) is 3.31. The Morgan fingerprint density at radius 2 is 0.397 bits per heavy atom. The second-order valence-corrected chi connectivity index (χ2v) is 24.0. The van der Waals surface area contributed by atoms with Gasteiger partial charge in [0.05, 0.1) is 0 Å². The third-order valence-electron chi connectivity index (χ3n) is 10.8. The van der Waals surface area contributed by atoms with Crippen molar-refractivity contribution in [2.45, 2.75) is 24.2 Å². The molecule has 0 amide bonds. The number of rotatable bonds is 17. The predicted molar refractivity (Wildman–Crippen MR) is 263 cm³/mol. The van der Waals surface area contributed by atoms with Gasteiger partial charge in [-0.05, 0) is 111 Å². The van der Waals surface area contributed by atoms with E-state index in [0.717, 1.165) is 25.2 Å². The topological polar surface area (TPSA) is 0 Å². The molecule has 2 atom stereocenters. The van der Waals surface area contributed by atoms with E-state index in [9.17, 15) is 0 Å². The van der Waals surface area contributed by atoms with E-state index in [4.69, 9.17) is 0 Å². The molecule has 0 saturated carbocycles. The van der Waals surface area contributed by atoms with E-state index in [1.165, 1.54) is 42.4 Å². The number of hydrogen-bond donors (Lipinski definition) is 0. The molecule has 286 valence electrons. The lowest BCUT2D eigenvalue weighted by Crippen LogP contribution is -2.31. The predicted octanol–water partition coefficient (Wildman–Crippen LogP) is 11.0. The minimum atomic E-state index is -0.665. The highest BCUT2D eigenvalue weighted by atomic mass is 31.1. The molecular formula is C54H50P4. The molecule has 0 aliphatic rings. The Labute approximate surface area is 351 Å². The van der Waals surface area contributed by atoms with Crippen LogP contribution in [0.4, 0.5) is 0 Å². The van der Waals surface area contributed by atoms with Crippen LogP contribution in [0.3, 0.4) is 0 Å². The molecule has 4 heteroatoms. The van der Waals surface area contributed by atoms with Crippen LogP contribution < -0.4 is 42.4 Å². The van der Waals surface area contributed by atoms with Crippen molar-refractivity contribution in [2.75, 3.05) is 12.3 Å². The normalized spacial score (nSPS) is 12.6. The van der Waals surface area contributed by atoms with Crippen molar-refractivity contribution in [1.29, 1.82) is 0 Å². The fourth-order valence-corrected chi connectivity index (χ4v) is 20.2. The van der Waals surface area contributed by atoms with Gasteiger partial charge in [0.1, 0.15) is 0 Å². The Morgan fingerprint density at radius 1 is 0.224 bits per heavy atom. The average molecular weight is 823 g/mol. The lowest BCUT2D eigenvalue weighted by molar-refractivity contribution is 0.725. The van der Waals surface area contributed by atoms with Crippen molar-refractivity contribution < 1.29 is 0 Å². The SMILES string of the molecule is c1ccc(P(CC(CCC(CP(c2ccccc2)c2ccccc2)P(c2ccccc2)c2ccccc2)P(c2ccccc2)c2ccccc2)c2ccccc2)cc1. The summed E-state index contributed by atoms with van der Waals surface area (Å²) in [7, 11) is -2.53. The highest BCUT2D eigenvalue weighted by molar-refractivity contribution is 7.78. The molecule has 8 aromatic carbocycles. The first-order valence-corrected chi connectivity index (χ1v) is 26.2. The molecule has 0 fully saturated rings. The zero-order valence-electron chi connectivity index (χ0n) is 32.9. The van der Waals surface area contributed by atoms with Crippen LogP contribution in [-0.4, -0.2) is 23.6 Å². The van der Waals surface area contributed by atoms with E-state index in [2.05, 4.69) is 243 Å². The van der Waals surface area contributed by atoms with Gasteiger partial charge in [-0.15, -0.1) is 0 Å². The van der Waals surface area contributed by atoms with Crippen LogP contribution in [0, 0.1) is 0 Å². The van der Waals surface area contributed by atoms with Gasteiger partial charge < -0.3 is 0 Å². The fraction of sp³-hybridized carbons (Fsp3) is 0.111. The molecule has 0 nitrogen and oxygen atoms in total. The van der Waals surface area contributed by atoms with Crippen molar-refractivity contribution in [3.63, 3.8) is 0 Å². The summed E-state index contributed by atoms with van der Waals surface area (Å²) >= 11 is 0. The maximum absolute atomic E-state index is 2.40. The van der Waals surface area contributed by atoms with E-state index in [0.29, 0.717) is 11.3 Å². The van der Waals surface area contributed by atoms with Crippen LogP contribution in [0.1, 0.15) is 12.8 Å². The minimum Gasteiger partial charge on any atom is -0.0622 e. The van der Waals surface area contributed by atoms with E-state index in [-0.39, 0.29) is 0 Å². The van der Waals surface area contributed by atoms with Gasteiger partial charge in [0, 0.05) is 0 Å². The van der Waals surface area contributed by atoms with Crippen LogP contribution in [-0.2, 0) is 0 Å². The van der Waals surface area contributed by atoms with E-state index in [1.54, 1.807) is 0 Å². The van der Waals surface area contributed by atoms with Crippen LogP contribution in [0.5, 0.6) is 0 Å². The van der Waals surface area contributed by atoms with Gasteiger partial charge >= 0.3 is 0 Å². The van der Waals surface area contributed by atoms with Gasteiger partial charge in [-0.25, -0.2) is 0 Å². The molecule has 0 aliphatic carbocycles. The zero-order chi connectivity index (χ0) is 39.2. The first kappa shape index (κ1) is 40.3. The molecule has 0 radical (unpaired) electrons. The Balaban J connectivity index is 1.26. The third-order valence-corrected chi connectivity index (χ3v) is 22.4. The summed E-state index contributed by atoms with van der Waals surface area (Å²) in [6.45, 7) is 0. The second-order valence-electron chi connectivity index (χ2n) is 14.5. The van der Waals surface area contributed by atoms with Crippen LogP contribution in [0.2, 0.25) is 0 Å². The summed E-state index contributed by atoms with van der Waals surface area (Å²) in [5.41, 5.74) is 0.939. The summed E-state index contributed by atoms with van der Waals surface area (Å²) in [6, 6.07) is 91.5. The zero-order valence-corrected chi connectivity index (χ0v) is 36.4. The van der Waals surface area contributed by atoms with Crippen molar-refractivity contribution in [1.82, 2.24) is 0 Å². The molecule has 0 aromatic heterocycles. The fourth-order valence-electron chi connectivity index (χ4n) is 8.06. The molecule has 58 heavy (non-hydrogen) atoms. The van der Waals surface area contributed by atoms with Gasteiger partial charge in [0.25, 0.3) is 0 Å². The van der Waals surface area contributed by atoms with Crippen LogP contribution >= 0.6 is 31.7 Å². The molecule has 0 saturated heterocycles. The molecule has 2 unspecified atom stereocenters. The van der Waals surface area contributed by atoms with Crippen LogP contribution in [0.15, 0.2) is 243 Å².